The van der Waals surface area contributed by atoms with Crippen molar-refractivity contribution in [1.82, 2.24) is 9.78 Å². The first kappa shape index (κ1) is 12.6. The fourth-order valence-corrected chi connectivity index (χ4v) is 1.76. The zero-order valence-corrected chi connectivity index (χ0v) is 10.8. The molecule has 0 saturated heterocycles. The van der Waals surface area contributed by atoms with E-state index in [1.165, 1.54) is 0 Å². The highest BCUT2D eigenvalue weighted by Crippen LogP contribution is 2.19. The lowest BCUT2D eigenvalue weighted by Gasteiger charge is -2.10. The second kappa shape index (κ2) is 5.69. The summed E-state index contributed by atoms with van der Waals surface area (Å²) in [5, 5.41) is 4.10. The van der Waals surface area contributed by atoms with E-state index in [-0.39, 0.29) is 6.04 Å². The summed E-state index contributed by atoms with van der Waals surface area (Å²) in [5.74, 6) is 0.853. The lowest BCUT2D eigenvalue weighted by atomic mass is 10.1. The van der Waals surface area contributed by atoms with Gasteiger partial charge in [0, 0.05) is 24.8 Å². The van der Waals surface area contributed by atoms with Gasteiger partial charge in [-0.05, 0) is 24.1 Å². The fourth-order valence-electron chi connectivity index (χ4n) is 1.76. The molecule has 2 N–H and O–H groups in total. The number of benzene rings is 1. The van der Waals surface area contributed by atoms with Gasteiger partial charge in [-0.25, -0.2) is 0 Å². The third kappa shape index (κ3) is 3.11. The van der Waals surface area contributed by atoms with Crippen LogP contribution in [0.25, 0.3) is 0 Å². The maximum absolute atomic E-state index is 5.96. The van der Waals surface area contributed by atoms with Gasteiger partial charge in [0.05, 0.1) is 6.20 Å². The number of hydrogen-bond acceptors (Lipinski definition) is 3. The van der Waals surface area contributed by atoms with E-state index in [0.29, 0.717) is 6.61 Å². The van der Waals surface area contributed by atoms with E-state index in [4.69, 9.17) is 10.5 Å². The van der Waals surface area contributed by atoms with E-state index in [1.54, 1.807) is 10.9 Å². The minimum absolute atomic E-state index is 0.109. The number of hydrogen-bond donors (Lipinski definition) is 1. The van der Waals surface area contributed by atoms with Crippen molar-refractivity contribution in [2.75, 3.05) is 0 Å². The Kier molecular flexibility index (Phi) is 3.99. The second-order valence-electron chi connectivity index (χ2n) is 4.39. The number of nitrogens with zero attached hydrogens (tertiary/aromatic N) is 2. The molecule has 0 radical (unpaired) electrons. The van der Waals surface area contributed by atoms with Gasteiger partial charge in [0.25, 0.3) is 0 Å². The van der Waals surface area contributed by atoms with Gasteiger partial charge in [-0.3, -0.25) is 4.68 Å². The van der Waals surface area contributed by atoms with Gasteiger partial charge in [0.15, 0.2) is 0 Å². The Hall–Kier alpha value is -1.81. The van der Waals surface area contributed by atoms with E-state index >= 15 is 0 Å². The zero-order chi connectivity index (χ0) is 13.0. The van der Waals surface area contributed by atoms with Crippen LogP contribution < -0.4 is 10.5 Å². The maximum Gasteiger partial charge on any atom is 0.119 e. The maximum atomic E-state index is 5.96. The molecule has 0 bridgehead atoms. The van der Waals surface area contributed by atoms with E-state index in [2.05, 4.69) is 12.0 Å². The van der Waals surface area contributed by atoms with Crippen LogP contribution in [0.15, 0.2) is 36.7 Å². The number of nitrogens with two attached hydrogens (primary N) is 1. The lowest BCUT2D eigenvalue weighted by Crippen LogP contribution is -2.08. The van der Waals surface area contributed by atoms with Crippen molar-refractivity contribution >= 4 is 0 Å². The molecule has 0 spiro atoms. The highest BCUT2D eigenvalue weighted by Gasteiger charge is 2.03. The summed E-state index contributed by atoms with van der Waals surface area (Å²) < 4.78 is 7.45. The smallest absolute Gasteiger partial charge is 0.119 e. The SMILES string of the molecule is CC[C@H](N)c1ccc(OCc2cnn(C)c2)cc1. The molecule has 1 heterocycles. The molecule has 4 nitrogen and oxygen atoms in total. The van der Waals surface area contributed by atoms with Gasteiger partial charge in [-0.1, -0.05) is 19.1 Å². The molecule has 0 unspecified atom stereocenters. The minimum atomic E-state index is 0.109. The molecule has 96 valence electrons. The molecule has 1 aromatic heterocycles. The Morgan fingerprint density at radius 2 is 2.06 bits per heavy atom. The highest BCUT2D eigenvalue weighted by molar-refractivity contribution is 5.29. The summed E-state index contributed by atoms with van der Waals surface area (Å²) in [6.45, 7) is 2.62. The molecule has 0 aliphatic heterocycles. The molecule has 1 atom stereocenters. The summed E-state index contributed by atoms with van der Waals surface area (Å²) >= 11 is 0. The molecule has 2 rings (SSSR count). The van der Waals surface area contributed by atoms with Crippen LogP contribution in [0, 0.1) is 0 Å². The monoisotopic (exact) mass is 245 g/mol. The number of ether oxygens (including phenoxy) is 1. The van der Waals surface area contributed by atoms with Gasteiger partial charge in [0.2, 0.25) is 0 Å². The number of aryl methyl sites for hydroxylation is 1. The van der Waals surface area contributed by atoms with E-state index in [0.717, 1.165) is 23.3 Å². The lowest BCUT2D eigenvalue weighted by molar-refractivity contribution is 0.306. The van der Waals surface area contributed by atoms with E-state index < -0.39 is 0 Å². The normalized spacial score (nSPS) is 12.4. The summed E-state index contributed by atoms with van der Waals surface area (Å²) in [6.07, 6.45) is 4.69. The first-order valence-electron chi connectivity index (χ1n) is 6.15. The third-order valence-electron chi connectivity index (χ3n) is 2.91. The summed E-state index contributed by atoms with van der Waals surface area (Å²) in [5.41, 5.74) is 8.17. The van der Waals surface area contributed by atoms with Crippen LogP contribution in [0.3, 0.4) is 0 Å². The largest absolute Gasteiger partial charge is 0.489 e. The number of rotatable bonds is 5. The predicted octanol–water partition coefficient (Wildman–Crippen LogP) is 2.41. The Bertz CT molecular complexity index is 490. The molecule has 1 aromatic carbocycles. The quantitative estimate of drug-likeness (QED) is 0.880. The van der Waals surface area contributed by atoms with Crippen molar-refractivity contribution in [1.29, 1.82) is 0 Å². The van der Waals surface area contributed by atoms with Crippen molar-refractivity contribution in [3.63, 3.8) is 0 Å². The molecule has 4 heteroatoms. The van der Waals surface area contributed by atoms with Crippen LogP contribution in [0.4, 0.5) is 0 Å². The zero-order valence-electron chi connectivity index (χ0n) is 10.8. The van der Waals surface area contributed by atoms with Gasteiger partial charge in [0.1, 0.15) is 12.4 Å². The molecular formula is C14H19N3O. The van der Waals surface area contributed by atoms with Crippen LogP contribution >= 0.6 is 0 Å². The van der Waals surface area contributed by atoms with E-state index in [1.807, 2.05) is 37.5 Å². The topological polar surface area (TPSA) is 53.1 Å². The second-order valence-corrected chi connectivity index (χ2v) is 4.39. The van der Waals surface area contributed by atoms with Crippen LogP contribution in [0.5, 0.6) is 5.75 Å². The van der Waals surface area contributed by atoms with Crippen LogP contribution in [0.1, 0.15) is 30.5 Å². The van der Waals surface area contributed by atoms with E-state index in [9.17, 15) is 0 Å². The van der Waals surface area contributed by atoms with Crippen molar-refractivity contribution < 1.29 is 4.74 Å². The third-order valence-corrected chi connectivity index (χ3v) is 2.91. The van der Waals surface area contributed by atoms with Crippen LogP contribution in [-0.2, 0) is 13.7 Å². The molecule has 0 aliphatic carbocycles. The van der Waals surface area contributed by atoms with Crippen molar-refractivity contribution in [2.24, 2.45) is 12.8 Å². The van der Waals surface area contributed by atoms with Crippen molar-refractivity contribution in [2.45, 2.75) is 26.0 Å². The average molecular weight is 245 g/mol. The van der Waals surface area contributed by atoms with Crippen LogP contribution in [-0.4, -0.2) is 9.78 Å². The molecule has 0 saturated carbocycles. The van der Waals surface area contributed by atoms with Gasteiger partial charge >= 0.3 is 0 Å². The Morgan fingerprint density at radius 1 is 1.33 bits per heavy atom. The van der Waals surface area contributed by atoms with Crippen LogP contribution in [0.2, 0.25) is 0 Å². The Balaban J connectivity index is 1.94. The Morgan fingerprint density at radius 3 is 2.61 bits per heavy atom. The number of aromatic nitrogens is 2. The first-order chi connectivity index (χ1) is 8.69. The molecule has 0 fully saturated rings. The van der Waals surface area contributed by atoms with Gasteiger partial charge in [-0.2, -0.15) is 5.10 Å². The minimum Gasteiger partial charge on any atom is -0.489 e. The highest BCUT2D eigenvalue weighted by atomic mass is 16.5. The molecule has 18 heavy (non-hydrogen) atoms. The standard InChI is InChI=1S/C14H19N3O/c1-3-14(15)12-4-6-13(7-5-12)18-10-11-8-16-17(2)9-11/h4-9,14H,3,10,15H2,1-2H3/t14-/m0/s1. The van der Waals surface area contributed by atoms with Crippen molar-refractivity contribution in [3.8, 4) is 5.75 Å². The van der Waals surface area contributed by atoms with Crippen molar-refractivity contribution in [3.05, 3.63) is 47.8 Å². The molecule has 2 aromatic rings. The predicted molar refractivity (Wildman–Crippen MR) is 71.2 cm³/mol. The molecular weight excluding hydrogens is 226 g/mol. The summed E-state index contributed by atoms with van der Waals surface area (Å²) in [4.78, 5) is 0. The molecule has 0 amide bonds. The van der Waals surface area contributed by atoms with Gasteiger partial charge in [-0.15, -0.1) is 0 Å². The summed E-state index contributed by atoms with van der Waals surface area (Å²) in [6, 6.07) is 8.07. The fraction of sp³-hybridized carbons (Fsp3) is 0.357. The van der Waals surface area contributed by atoms with Gasteiger partial charge < -0.3 is 10.5 Å². The molecule has 0 aliphatic rings. The first-order valence-corrected chi connectivity index (χ1v) is 6.15. The summed E-state index contributed by atoms with van der Waals surface area (Å²) in [7, 11) is 1.89. The Labute approximate surface area is 107 Å². The average Bonchev–Trinajstić information content (AvgIpc) is 2.82.